The molecule has 4 aliphatic rings. The maximum atomic E-state index is 11.6. The fourth-order valence-electron chi connectivity index (χ4n) is 9.19. The predicted octanol–water partition coefficient (Wildman–Crippen LogP) is 10.6. The van der Waals surface area contributed by atoms with Gasteiger partial charge in [0, 0.05) is 73.3 Å². The van der Waals surface area contributed by atoms with Gasteiger partial charge in [0.05, 0.1) is 103 Å². The van der Waals surface area contributed by atoms with Crippen LogP contribution in [0, 0.1) is 7.14 Å². The summed E-state index contributed by atoms with van der Waals surface area (Å²) in [5.74, 6) is 2.10. The SMILES string of the molecule is C/C=C/COCc1c(I)ccnc1OC.C/C=C1\COCc2c1ccnc2OC.CCC1=COCc2c1ccnc2OC.CC[C@@]1(O)C(=O)OCc2c1cc[nH]c2=O.CC[C@@]1(O)C(=O)OCc2c1ccnc2OC.COc1ccccn1.COc1nccc(I)c1C=O. The van der Waals surface area contributed by atoms with Crippen molar-refractivity contribution < 1.29 is 76.7 Å². The number of ether oxygens (including phenoxy) is 11. The number of H-pyrrole nitrogens is 1. The summed E-state index contributed by atoms with van der Waals surface area (Å²) in [6.45, 7) is 12.5. The zero-order valence-electron chi connectivity index (χ0n) is 53.7. The van der Waals surface area contributed by atoms with Gasteiger partial charge in [-0.25, -0.2) is 39.5 Å². The van der Waals surface area contributed by atoms with Gasteiger partial charge < -0.3 is 67.3 Å². The van der Waals surface area contributed by atoms with E-state index in [2.05, 4.69) is 93.1 Å². The number of carbonyl (C=O) groups is 3. The lowest BCUT2D eigenvalue weighted by molar-refractivity contribution is -0.172. The normalized spacial score (nSPS) is 16.4. The number of nitrogens with one attached hydrogen (secondary N) is 1. The van der Waals surface area contributed by atoms with Gasteiger partial charge in [0.2, 0.25) is 35.3 Å². The molecule has 26 heteroatoms. The van der Waals surface area contributed by atoms with E-state index in [0.717, 1.165) is 36.5 Å². The van der Waals surface area contributed by atoms with Crippen molar-refractivity contribution in [3.05, 3.63) is 196 Å². The summed E-state index contributed by atoms with van der Waals surface area (Å²) >= 11 is 4.31. The molecule has 24 nitrogen and oxygen atoms in total. The number of rotatable bonds is 14. The largest absolute Gasteiger partial charge is 0.496 e. The quantitative estimate of drug-likeness (QED) is 0.0300. The summed E-state index contributed by atoms with van der Waals surface area (Å²) in [6, 6.07) is 16.4. The first-order valence-electron chi connectivity index (χ1n) is 29.0. The molecule has 0 radical (unpaired) electrons. The number of cyclic esters (lactones) is 2. The van der Waals surface area contributed by atoms with E-state index in [1.54, 1.807) is 97.5 Å². The van der Waals surface area contributed by atoms with Crippen molar-refractivity contribution >= 4 is 74.6 Å². The van der Waals surface area contributed by atoms with Crippen LogP contribution in [0.1, 0.15) is 114 Å². The van der Waals surface area contributed by atoms with Crippen LogP contribution in [0.2, 0.25) is 0 Å². The number of halogens is 2. The Labute approximate surface area is 567 Å². The maximum absolute atomic E-state index is 11.6. The number of pyridine rings is 7. The van der Waals surface area contributed by atoms with Gasteiger partial charge in [-0.15, -0.1) is 0 Å². The molecule has 496 valence electrons. The third-order valence-electron chi connectivity index (χ3n) is 14.3. The molecule has 0 spiro atoms. The summed E-state index contributed by atoms with van der Waals surface area (Å²) in [5.41, 5.74) is 6.66. The Morgan fingerprint density at radius 2 is 1.14 bits per heavy atom. The highest BCUT2D eigenvalue weighted by Crippen LogP contribution is 2.38. The molecule has 0 fully saturated rings. The van der Waals surface area contributed by atoms with Gasteiger partial charge in [0.1, 0.15) is 19.8 Å². The molecule has 0 aliphatic carbocycles. The number of esters is 2. The van der Waals surface area contributed by atoms with Crippen LogP contribution in [0.25, 0.3) is 11.1 Å². The molecule has 0 saturated carbocycles. The van der Waals surface area contributed by atoms with Crippen LogP contribution < -0.4 is 34.0 Å². The van der Waals surface area contributed by atoms with Gasteiger partial charge in [0.15, 0.2) is 17.5 Å². The lowest BCUT2D eigenvalue weighted by Gasteiger charge is -2.31. The Kier molecular flexibility index (Phi) is 31.2. The fraction of sp³-hybridized carbons (Fsp3) is 0.343. The molecular weight excluding hydrogens is 1430 g/mol. The molecule has 2 atom stereocenters. The van der Waals surface area contributed by atoms with Crippen molar-refractivity contribution in [2.45, 2.75) is 98.1 Å². The first-order valence-corrected chi connectivity index (χ1v) is 31.2. The average Bonchev–Trinajstić information content (AvgIpc) is 0.799. The maximum Gasteiger partial charge on any atom is 0.343 e. The molecule has 0 saturated heterocycles. The monoisotopic (exact) mass is 1510 g/mol. The Bertz CT molecular complexity index is 3740. The molecule has 3 N–H and O–H groups in total. The summed E-state index contributed by atoms with van der Waals surface area (Å²) in [7, 11) is 9.46. The van der Waals surface area contributed by atoms with Gasteiger partial charge in [0.25, 0.3) is 5.56 Å². The van der Waals surface area contributed by atoms with E-state index in [-0.39, 0.29) is 31.6 Å². The zero-order chi connectivity index (χ0) is 67.9. The van der Waals surface area contributed by atoms with Crippen LogP contribution in [-0.4, -0.2) is 119 Å². The first kappa shape index (κ1) is 75.3. The number of aldehydes is 1. The molecule has 11 heterocycles. The molecule has 0 unspecified atom stereocenters. The van der Waals surface area contributed by atoms with Gasteiger partial charge >= 0.3 is 11.9 Å². The number of methoxy groups -OCH3 is 6. The van der Waals surface area contributed by atoms with Crippen molar-refractivity contribution in [3.63, 3.8) is 0 Å². The number of aromatic nitrogens is 7. The topological polar surface area (TPSA) is 303 Å². The molecule has 0 aromatic carbocycles. The number of fused-ring (bicyclic) bond motifs is 4. The molecule has 0 amide bonds. The van der Waals surface area contributed by atoms with Gasteiger partial charge in [-0.3, -0.25) is 9.59 Å². The van der Waals surface area contributed by atoms with Crippen LogP contribution in [0.3, 0.4) is 0 Å². The highest BCUT2D eigenvalue weighted by molar-refractivity contribution is 14.1. The second kappa shape index (κ2) is 38.6. The average molecular weight is 1510 g/mol. The van der Waals surface area contributed by atoms with Crippen LogP contribution >= 0.6 is 45.2 Å². The highest BCUT2D eigenvalue weighted by Gasteiger charge is 2.45. The number of nitrogens with zero attached hydrogens (tertiary/aromatic N) is 6. The molecule has 4 aliphatic heterocycles. The van der Waals surface area contributed by atoms with Crippen LogP contribution in [0.5, 0.6) is 35.3 Å². The molecular formula is C67H77I2N7O17. The lowest BCUT2D eigenvalue weighted by atomic mass is 9.87. The summed E-state index contributed by atoms with van der Waals surface area (Å²) in [6.07, 6.45) is 21.5. The summed E-state index contributed by atoms with van der Waals surface area (Å²) in [5, 5.41) is 20.4. The van der Waals surface area contributed by atoms with Crippen LogP contribution in [0.15, 0.2) is 127 Å². The third-order valence-corrected chi connectivity index (χ3v) is 16.2. The minimum Gasteiger partial charge on any atom is -0.496 e. The van der Waals surface area contributed by atoms with Crippen LogP contribution in [-0.2, 0) is 77.5 Å². The molecule has 0 bridgehead atoms. The Hall–Kier alpha value is -8.42. The minimum atomic E-state index is -1.68. The zero-order valence-corrected chi connectivity index (χ0v) is 58.0. The minimum absolute atomic E-state index is 0.0767. The predicted molar refractivity (Wildman–Crippen MR) is 361 cm³/mol. The number of hydrogen-bond acceptors (Lipinski definition) is 23. The summed E-state index contributed by atoms with van der Waals surface area (Å²) in [4.78, 5) is 71.6. The van der Waals surface area contributed by atoms with Crippen molar-refractivity contribution in [1.29, 1.82) is 0 Å². The van der Waals surface area contributed by atoms with Crippen molar-refractivity contribution in [2.24, 2.45) is 0 Å². The lowest BCUT2D eigenvalue weighted by Crippen LogP contribution is -2.43. The number of hydrogen-bond donors (Lipinski definition) is 3. The molecule has 93 heavy (non-hydrogen) atoms. The smallest absolute Gasteiger partial charge is 0.343 e. The Morgan fingerprint density at radius 1 is 0.591 bits per heavy atom. The van der Waals surface area contributed by atoms with E-state index in [4.69, 9.17) is 52.1 Å². The molecule has 7 aromatic heterocycles. The van der Waals surface area contributed by atoms with Gasteiger partial charge in [-0.05, 0) is 143 Å². The standard InChI is InChI=1S/C11H14INO2.C11H13NO4.2C11H13NO2.C10H11NO4.C7H6INO2.C6H7NO/c1-3-4-7-15-8-9-10(12)5-6-13-11(9)14-2;1-3-11(14)8-4-5-12-9(15-2)7(8)6-16-10(11)13;2*1-3-8-6-14-7-10-9(8)4-5-12-11(10)13-2;1-2-10(14)7-3-4-11-8(12)6(7)5-15-9(10)13;1-11-7-5(4-10)6(8)2-3-9-7;1-8-6-4-2-3-5-7-6/h3-6H,7-8H2,1-2H3;4-5,14H,3,6H2,1-2H3;4-6H,3,7H2,1-2H3;3-5H,6-7H2,1-2H3;3-4,14H,2,5H2,1H3,(H,11,12);2-4H,1H3;2-5H,1H3/b4-3+;;;8-3+;;;/t;11-;;;10-;;/m.0..0../s1. The van der Waals surface area contributed by atoms with E-state index < -0.39 is 23.1 Å². The number of aromatic amines is 1. The number of carbonyl (C=O) groups excluding carboxylic acids is 3. The number of allylic oxidation sites excluding steroid dienone is 3. The Morgan fingerprint density at radius 3 is 1.68 bits per heavy atom. The molecule has 7 aromatic rings. The molecule has 11 rings (SSSR count). The Balaban J connectivity index is 0.000000198. The van der Waals surface area contributed by atoms with Gasteiger partial charge in [-0.1, -0.05) is 45.1 Å². The van der Waals surface area contributed by atoms with E-state index in [0.29, 0.717) is 96.1 Å². The van der Waals surface area contributed by atoms with Gasteiger partial charge in [-0.2, -0.15) is 0 Å². The number of aliphatic hydroxyl groups is 2. The fourth-order valence-corrected chi connectivity index (χ4v) is 10.3. The second-order valence-electron chi connectivity index (χ2n) is 19.5. The third kappa shape index (κ3) is 19.8. The van der Waals surface area contributed by atoms with Crippen molar-refractivity contribution in [2.75, 3.05) is 55.9 Å². The van der Waals surface area contributed by atoms with Crippen molar-refractivity contribution in [1.82, 2.24) is 34.9 Å². The van der Waals surface area contributed by atoms with Crippen LogP contribution in [0.4, 0.5) is 0 Å². The second-order valence-corrected chi connectivity index (χ2v) is 21.8. The van der Waals surface area contributed by atoms with Crippen molar-refractivity contribution in [3.8, 4) is 35.3 Å². The van der Waals surface area contributed by atoms with E-state index in [9.17, 15) is 29.4 Å². The summed E-state index contributed by atoms with van der Waals surface area (Å²) < 4.78 is 58.3. The highest BCUT2D eigenvalue weighted by atomic mass is 127. The van der Waals surface area contributed by atoms with E-state index in [1.165, 1.54) is 48.9 Å². The first-order chi connectivity index (χ1) is 45.0. The van der Waals surface area contributed by atoms with E-state index >= 15 is 0 Å². The van der Waals surface area contributed by atoms with E-state index in [1.807, 2.05) is 62.6 Å².